The topological polar surface area (TPSA) is 97.0 Å². The van der Waals surface area contributed by atoms with Crippen LogP contribution in [-0.4, -0.2) is 46.0 Å². The van der Waals surface area contributed by atoms with Gasteiger partial charge in [0.05, 0.1) is 36.0 Å². The van der Waals surface area contributed by atoms with Gasteiger partial charge in [-0.05, 0) is 36.4 Å². The summed E-state index contributed by atoms with van der Waals surface area (Å²) in [5.41, 5.74) is 3.26. The highest BCUT2D eigenvalue weighted by Crippen LogP contribution is 2.24. The Hall–Kier alpha value is -3.17. The number of imidazole rings is 1. The normalized spacial score (nSPS) is 10.9. The Labute approximate surface area is 193 Å². The summed E-state index contributed by atoms with van der Waals surface area (Å²) in [5, 5.41) is 4.77. The van der Waals surface area contributed by atoms with Gasteiger partial charge in [0.2, 0.25) is 5.91 Å². The van der Waals surface area contributed by atoms with Crippen molar-refractivity contribution in [3.05, 3.63) is 71.0 Å². The number of aromatic amines is 1. The zero-order valence-electron chi connectivity index (χ0n) is 17.5. The lowest BCUT2D eigenvalue weighted by molar-refractivity contribution is -0.120. The van der Waals surface area contributed by atoms with Gasteiger partial charge in [0.1, 0.15) is 11.6 Å². The number of fused-ring (bicyclic) bond motifs is 1. The van der Waals surface area contributed by atoms with Gasteiger partial charge in [-0.2, -0.15) is 0 Å². The number of para-hydroxylation sites is 2. The number of H-pyrrole nitrogens is 1. The maximum Gasteiger partial charge on any atom is 0.226 e. The lowest BCUT2D eigenvalue weighted by atomic mass is 10.1. The van der Waals surface area contributed by atoms with Crippen molar-refractivity contribution in [2.45, 2.75) is 17.2 Å². The number of methoxy groups -OCH3 is 1. The summed E-state index contributed by atoms with van der Waals surface area (Å²) in [7, 11) is 1.59. The fourth-order valence-electron chi connectivity index (χ4n) is 3.09. The number of carbonyl (C=O) groups excluding carboxylic acids is 2. The van der Waals surface area contributed by atoms with Crippen molar-refractivity contribution in [2.24, 2.45) is 0 Å². The number of hydrogen-bond acceptors (Lipinski definition) is 7. The van der Waals surface area contributed by atoms with Crippen molar-refractivity contribution >= 4 is 45.8 Å². The molecule has 1 amide bonds. The minimum Gasteiger partial charge on any atom is -0.497 e. The summed E-state index contributed by atoms with van der Waals surface area (Å²) in [6.45, 7) is 0.501. The average molecular weight is 467 g/mol. The molecule has 0 spiro atoms. The third kappa shape index (κ3) is 5.74. The van der Waals surface area contributed by atoms with Crippen LogP contribution < -0.4 is 10.1 Å². The molecule has 164 valence electrons. The van der Waals surface area contributed by atoms with Gasteiger partial charge in [-0.15, -0.1) is 11.3 Å². The number of rotatable bonds is 10. The lowest BCUT2D eigenvalue weighted by Crippen LogP contribution is -2.27. The van der Waals surface area contributed by atoms with Crippen LogP contribution in [0.2, 0.25) is 0 Å². The number of nitrogens with one attached hydrogen (secondary N) is 2. The molecule has 0 aliphatic heterocycles. The van der Waals surface area contributed by atoms with Gasteiger partial charge in [-0.25, -0.2) is 9.97 Å². The Kier molecular flexibility index (Phi) is 7.18. The van der Waals surface area contributed by atoms with Crippen molar-refractivity contribution in [3.63, 3.8) is 0 Å². The molecule has 0 radical (unpaired) electrons. The van der Waals surface area contributed by atoms with E-state index < -0.39 is 0 Å². The predicted octanol–water partition coefficient (Wildman–Crippen LogP) is 3.90. The quantitative estimate of drug-likeness (QED) is 0.272. The van der Waals surface area contributed by atoms with Crippen LogP contribution in [0.5, 0.6) is 5.75 Å². The van der Waals surface area contributed by atoms with Crippen LogP contribution in [0.3, 0.4) is 0 Å². The molecule has 0 bridgehead atoms. The third-order valence-corrected chi connectivity index (χ3v) is 6.80. The lowest BCUT2D eigenvalue weighted by Gasteiger charge is -2.03. The number of hydrogen-bond donors (Lipinski definition) is 2. The smallest absolute Gasteiger partial charge is 0.226 e. The Bertz CT molecular complexity index is 1180. The highest BCUT2D eigenvalue weighted by molar-refractivity contribution is 8.01. The Morgan fingerprint density at radius 1 is 1.12 bits per heavy atom. The molecule has 4 aromatic rings. The fraction of sp³-hybridized carbons (Fsp3) is 0.217. The molecular formula is C23H22N4O3S2. The number of ketones is 1. The summed E-state index contributed by atoms with van der Waals surface area (Å²) < 4.78 is 5.88. The van der Waals surface area contributed by atoms with Gasteiger partial charge in [0.25, 0.3) is 0 Å². The number of ether oxygens (including phenoxy) is 1. The molecule has 4 rings (SSSR count). The van der Waals surface area contributed by atoms with Crippen LogP contribution in [0.1, 0.15) is 21.9 Å². The van der Waals surface area contributed by atoms with E-state index in [0.29, 0.717) is 30.0 Å². The number of aromatic nitrogens is 3. The first kappa shape index (κ1) is 22.0. The van der Waals surface area contributed by atoms with E-state index in [9.17, 15) is 9.59 Å². The number of amides is 1. The standard InChI is InChI=1S/C23H22N4O3S2/c1-30-17-8-6-15(7-9-17)20(28)14-32-23-25-16(13-31-23)12-22(29)24-11-10-21-26-18-4-2-3-5-19(18)27-21/h2-9,13H,10-12,14H2,1H3,(H,24,29)(H,26,27). The van der Waals surface area contributed by atoms with E-state index >= 15 is 0 Å². The molecule has 7 nitrogen and oxygen atoms in total. The molecule has 0 aliphatic rings. The van der Waals surface area contributed by atoms with Crippen molar-refractivity contribution in [2.75, 3.05) is 19.4 Å². The first-order chi connectivity index (χ1) is 15.6. The van der Waals surface area contributed by atoms with Gasteiger partial charge in [0.15, 0.2) is 10.1 Å². The van der Waals surface area contributed by atoms with Crippen LogP contribution in [0, 0.1) is 0 Å². The number of benzene rings is 2. The van der Waals surface area contributed by atoms with E-state index in [1.165, 1.54) is 23.1 Å². The largest absolute Gasteiger partial charge is 0.497 e. The van der Waals surface area contributed by atoms with Gasteiger partial charge in [0, 0.05) is 23.9 Å². The van der Waals surface area contributed by atoms with Crippen molar-refractivity contribution in [1.29, 1.82) is 0 Å². The number of thiazole rings is 1. The monoisotopic (exact) mass is 466 g/mol. The van der Waals surface area contributed by atoms with Crippen molar-refractivity contribution < 1.29 is 14.3 Å². The summed E-state index contributed by atoms with van der Waals surface area (Å²) in [5.74, 6) is 1.80. The summed E-state index contributed by atoms with van der Waals surface area (Å²) in [6, 6.07) is 14.9. The van der Waals surface area contributed by atoms with Crippen LogP contribution in [0.25, 0.3) is 11.0 Å². The maximum absolute atomic E-state index is 12.3. The van der Waals surface area contributed by atoms with Crippen LogP contribution in [0.4, 0.5) is 0 Å². The van der Waals surface area contributed by atoms with Gasteiger partial charge in [-0.1, -0.05) is 23.9 Å². The second-order valence-electron chi connectivity index (χ2n) is 7.02. The SMILES string of the molecule is COc1ccc(C(=O)CSc2nc(CC(=O)NCCc3nc4ccccc4[nH]3)cs2)cc1. The summed E-state index contributed by atoms with van der Waals surface area (Å²) in [6.07, 6.45) is 0.843. The third-order valence-electron chi connectivity index (χ3n) is 4.73. The zero-order valence-corrected chi connectivity index (χ0v) is 19.1. The average Bonchev–Trinajstić information content (AvgIpc) is 3.43. The molecule has 0 aliphatic carbocycles. The highest BCUT2D eigenvalue weighted by atomic mass is 32.2. The molecule has 2 heterocycles. The Morgan fingerprint density at radius 2 is 1.94 bits per heavy atom. The first-order valence-electron chi connectivity index (χ1n) is 10.1. The van der Waals surface area contributed by atoms with E-state index in [4.69, 9.17) is 4.74 Å². The van der Waals surface area contributed by atoms with Gasteiger partial charge in [-0.3, -0.25) is 9.59 Å². The van der Waals surface area contributed by atoms with E-state index in [2.05, 4.69) is 20.3 Å². The first-order valence-corrected chi connectivity index (χ1v) is 11.9. The van der Waals surface area contributed by atoms with Crippen LogP contribution in [-0.2, 0) is 17.6 Å². The molecule has 9 heteroatoms. The van der Waals surface area contributed by atoms with E-state index in [0.717, 1.165) is 26.9 Å². The van der Waals surface area contributed by atoms with Gasteiger partial charge >= 0.3 is 0 Å². The van der Waals surface area contributed by atoms with Crippen LogP contribution in [0.15, 0.2) is 58.3 Å². The molecule has 32 heavy (non-hydrogen) atoms. The van der Waals surface area contributed by atoms with Crippen LogP contribution >= 0.6 is 23.1 Å². The molecule has 0 unspecified atom stereocenters. The van der Waals surface area contributed by atoms with E-state index in [1.807, 2.05) is 29.6 Å². The molecule has 2 N–H and O–H groups in total. The predicted molar refractivity (Wildman–Crippen MR) is 127 cm³/mol. The Morgan fingerprint density at radius 3 is 2.72 bits per heavy atom. The molecule has 2 aromatic heterocycles. The summed E-state index contributed by atoms with van der Waals surface area (Å²) in [4.78, 5) is 36.8. The maximum atomic E-state index is 12.3. The van der Waals surface area contributed by atoms with Crippen molar-refractivity contribution in [1.82, 2.24) is 20.3 Å². The van der Waals surface area contributed by atoms with Gasteiger partial charge < -0.3 is 15.0 Å². The van der Waals surface area contributed by atoms with E-state index in [-0.39, 0.29) is 18.1 Å². The minimum absolute atomic E-state index is 0.0257. The zero-order chi connectivity index (χ0) is 22.3. The number of carbonyl (C=O) groups is 2. The Balaban J connectivity index is 1.20. The van der Waals surface area contributed by atoms with E-state index in [1.54, 1.807) is 31.4 Å². The number of nitrogens with zero attached hydrogens (tertiary/aromatic N) is 2. The molecule has 0 saturated heterocycles. The fourth-order valence-corrected chi connectivity index (χ4v) is 4.83. The highest BCUT2D eigenvalue weighted by Gasteiger charge is 2.12. The molecule has 2 aromatic carbocycles. The number of Topliss-reactive ketones (excluding diaryl/α,β-unsaturated/α-hetero) is 1. The minimum atomic E-state index is -0.0859. The molecule has 0 atom stereocenters. The number of thioether (sulfide) groups is 1. The molecule has 0 fully saturated rings. The second-order valence-corrected chi connectivity index (χ2v) is 9.10. The summed E-state index contributed by atoms with van der Waals surface area (Å²) >= 11 is 2.82. The van der Waals surface area contributed by atoms with Crippen molar-refractivity contribution in [3.8, 4) is 5.75 Å². The molecular weight excluding hydrogens is 444 g/mol. The second kappa shape index (κ2) is 10.4. The molecule has 0 saturated carbocycles.